The molecule has 0 aliphatic rings. The maximum atomic E-state index is 10.8. The van der Waals surface area contributed by atoms with Crippen LogP contribution in [0.25, 0.3) is 0 Å². The second-order valence-corrected chi connectivity index (χ2v) is 5.93. The van der Waals surface area contributed by atoms with Gasteiger partial charge in [0, 0.05) is 13.1 Å². The zero-order valence-electron chi connectivity index (χ0n) is 13.5. The zero-order valence-corrected chi connectivity index (χ0v) is 14.2. The molecule has 0 aromatic rings. The molecule has 0 heterocycles. The molecule has 3 nitrogen and oxygen atoms in total. The van der Waals surface area contributed by atoms with Crippen molar-refractivity contribution >= 4 is 11.6 Å². The molecule has 0 radical (unpaired) electrons. The maximum Gasteiger partial charge on any atom is 0.0832 e. The molecule has 0 fully saturated rings. The van der Waals surface area contributed by atoms with Crippen LogP contribution in [0.15, 0.2) is 0 Å². The lowest BCUT2D eigenvalue weighted by atomic mass is 9.91. The highest BCUT2D eigenvalue weighted by Crippen LogP contribution is 2.25. The van der Waals surface area contributed by atoms with E-state index < -0.39 is 5.60 Å². The third-order valence-electron chi connectivity index (χ3n) is 4.25. The summed E-state index contributed by atoms with van der Waals surface area (Å²) < 4.78 is 0. The molecule has 0 aromatic carbocycles. The fraction of sp³-hybridized carbons (Fsp3) is 1.00. The molecule has 0 amide bonds. The molecule has 1 unspecified atom stereocenters. The zero-order chi connectivity index (χ0) is 14.9. The molecule has 1 N–H and O–H groups in total. The molecule has 0 aliphatic heterocycles. The Balaban J connectivity index is 4.41. The van der Waals surface area contributed by atoms with E-state index >= 15 is 0 Å². The standard InChI is InChI=1S/C15H33ClN2O/c1-6-17(7-2)12-10-15(19,14(5)16)11-13-18(8-3)9-4/h14,19H,6-13H2,1-5H3. The van der Waals surface area contributed by atoms with Crippen LogP contribution in [-0.4, -0.2) is 65.2 Å². The highest BCUT2D eigenvalue weighted by atomic mass is 35.5. The van der Waals surface area contributed by atoms with E-state index in [1.807, 2.05) is 6.92 Å². The number of hydrogen-bond acceptors (Lipinski definition) is 3. The van der Waals surface area contributed by atoms with Gasteiger partial charge in [0.1, 0.15) is 0 Å². The minimum absolute atomic E-state index is 0.210. The van der Waals surface area contributed by atoms with E-state index in [-0.39, 0.29) is 5.38 Å². The first-order chi connectivity index (χ1) is 8.93. The van der Waals surface area contributed by atoms with Gasteiger partial charge in [-0.2, -0.15) is 0 Å². The second-order valence-electron chi connectivity index (χ2n) is 5.27. The third-order valence-corrected chi connectivity index (χ3v) is 4.66. The summed E-state index contributed by atoms with van der Waals surface area (Å²) in [5.41, 5.74) is -0.757. The Hall–Kier alpha value is 0.170. The van der Waals surface area contributed by atoms with Crippen molar-refractivity contribution in [2.24, 2.45) is 0 Å². The smallest absolute Gasteiger partial charge is 0.0832 e. The molecule has 1 atom stereocenters. The van der Waals surface area contributed by atoms with Crippen LogP contribution in [0.1, 0.15) is 47.5 Å². The number of halogens is 1. The van der Waals surface area contributed by atoms with Crippen LogP contribution < -0.4 is 0 Å². The molecule has 0 rings (SSSR count). The summed E-state index contributed by atoms with van der Waals surface area (Å²) in [6.07, 6.45) is 1.50. The Bertz CT molecular complexity index is 200. The van der Waals surface area contributed by atoms with Crippen molar-refractivity contribution in [2.45, 2.75) is 58.4 Å². The Labute approximate surface area is 124 Å². The number of rotatable bonds is 11. The van der Waals surface area contributed by atoms with Gasteiger partial charge in [0.2, 0.25) is 0 Å². The summed E-state index contributed by atoms with van der Waals surface area (Å²) in [5.74, 6) is 0. The Morgan fingerprint density at radius 3 is 1.42 bits per heavy atom. The summed E-state index contributed by atoms with van der Waals surface area (Å²) in [6, 6.07) is 0. The number of alkyl halides is 1. The van der Waals surface area contributed by atoms with Gasteiger partial charge in [-0.15, -0.1) is 11.6 Å². The van der Waals surface area contributed by atoms with Gasteiger partial charge < -0.3 is 14.9 Å². The first-order valence-electron chi connectivity index (χ1n) is 7.74. The molecular formula is C15H33ClN2O. The molecule has 19 heavy (non-hydrogen) atoms. The molecule has 116 valence electrons. The van der Waals surface area contributed by atoms with Crippen LogP contribution in [0.2, 0.25) is 0 Å². The molecule has 0 aliphatic carbocycles. The van der Waals surface area contributed by atoms with Crippen molar-refractivity contribution in [3.8, 4) is 0 Å². The topological polar surface area (TPSA) is 26.7 Å². The largest absolute Gasteiger partial charge is 0.388 e. The first-order valence-corrected chi connectivity index (χ1v) is 8.18. The van der Waals surface area contributed by atoms with E-state index in [1.54, 1.807) is 0 Å². The highest BCUT2D eigenvalue weighted by molar-refractivity contribution is 6.21. The predicted molar refractivity (Wildman–Crippen MR) is 85.1 cm³/mol. The van der Waals surface area contributed by atoms with Crippen LogP contribution in [0.3, 0.4) is 0 Å². The van der Waals surface area contributed by atoms with E-state index in [0.717, 1.165) is 52.1 Å². The van der Waals surface area contributed by atoms with Gasteiger partial charge in [0.15, 0.2) is 0 Å². The lowest BCUT2D eigenvalue weighted by Crippen LogP contribution is -2.44. The van der Waals surface area contributed by atoms with Crippen LogP contribution in [-0.2, 0) is 0 Å². The van der Waals surface area contributed by atoms with Gasteiger partial charge >= 0.3 is 0 Å². The summed E-state index contributed by atoms with van der Waals surface area (Å²) >= 11 is 6.24. The van der Waals surface area contributed by atoms with Crippen molar-refractivity contribution in [1.82, 2.24) is 9.80 Å². The number of nitrogens with zero attached hydrogens (tertiary/aromatic N) is 2. The average Bonchev–Trinajstić information content (AvgIpc) is 2.40. The summed E-state index contributed by atoms with van der Waals surface area (Å²) in [7, 11) is 0. The van der Waals surface area contributed by atoms with E-state index in [1.165, 1.54) is 0 Å². The van der Waals surface area contributed by atoms with Gasteiger partial charge in [-0.25, -0.2) is 0 Å². The van der Waals surface area contributed by atoms with Gasteiger partial charge in [-0.3, -0.25) is 0 Å². The van der Waals surface area contributed by atoms with Gasteiger partial charge in [0.05, 0.1) is 11.0 Å². The molecular weight excluding hydrogens is 260 g/mol. The second kappa shape index (κ2) is 9.98. The van der Waals surface area contributed by atoms with Gasteiger partial charge in [-0.05, 0) is 45.9 Å². The third kappa shape index (κ3) is 6.94. The quantitative estimate of drug-likeness (QED) is 0.593. The monoisotopic (exact) mass is 292 g/mol. The molecule has 0 aromatic heterocycles. The highest BCUT2D eigenvalue weighted by Gasteiger charge is 2.32. The fourth-order valence-corrected chi connectivity index (χ4v) is 2.52. The SMILES string of the molecule is CCN(CC)CCC(O)(CCN(CC)CC)C(C)Cl. The van der Waals surface area contributed by atoms with Crippen molar-refractivity contribution in [3.63, 3.8) is 0 Å². The Kier molecular flexibility index (Phi) is 10.1. The minimum atomic E-state index is -0.757. The normalized spacial score (nSPS) is 14.4. The van der Waals surface area contributed by atoms with E-state index in [0.29, 0.717) is 0 Å². The lowest BCUT2D eigenvalue weighted by molar-refractivity contribution is 0.00595. The van der Waals surface area contributed by atoms with Gasteiger partial charge in [-0.1, -0.05) is 27.7 Å². The summed E-state index contributed by atoms with van der Waals surface area (Å²) in [4.78, 5) is 4.67. The number of aliphatic hydroxyl groups is 1. The molecule has 0 spiro atoms. The van der Waals surface area contributed by atoms with Crippen LogP contribution in [0, 0.1) is 0 Å². The van der Waals surface area contributed by atoms with Crippen molar-refractivity contribution < 1.29 is 5.11 Å². The van der Waals surface area contributed by atoms with Crippen LogP contribution in [0.5, 0.6) is 0 Å². The van der Waals surface area contributed by atoms with Crippen molar-refractivity contribution in [2.75, 3.05) is 39.3 Å². The van der Waals surface area contributed by atoms with E-state index in [2.05, 4.69) is 37.5 Å². The molecule has 0 saturated carbocycles. The van der Waals surface area contributed by atoms with Crippen LogP contribution in [0.4, 0.5) is 0 Å². The minimum Gasteiger partial charge on any atom is -0.388 e. The maximum absolute atomic E-state index is 10.8. The predicted octanol–water partition coefficient (Wildman–Crippen LogP) is 2.81. The summed E-state index contributed by atoms with van der Waals surface area (Å²) in [5, 5.41) is 10.6. The Morgan fingerprint density at radius 1 is 0.895 bits per heavy atom. The van der Waals surface area contributed by atoms with E-state index in [9.17, 15) is 5.11 Å². The Morgan fingerprint density at radius 2 is 1.21 bits per heavy atom. The molecule has 4 heteroatoms. The molecule has 0 bridgehead atoms. The van der Waals surface area contributed by atoms with Crippen molar-refractivity contribution in [3.05, 3.63) is 0 Å². The molecule has 0 saturated heterocycles. The first kappa shape index (κ1) is 19.2. The van der Waals surface area contributed by atoms with Crippen LogP contribution >= 0.6 is 11.6 Å². The summed E-state index contributed by atoms with van der Waals surface area (Å²) in [6.45, 7) is 16.5. The number of hydrogen-bond donors (Lipinski definition) is 1. The average molecular weight is 293 g/mol. The fourth-order valence-electron chi connectivity index (χ4n) is 2.31. The van der Waals surface area contributed by atoms with E-state index in [4.69, 9.17) is 11.6 Å². The lowest BCUT2D eigenvalue weighted by Gasteiger charge is -2.34. The van der Waals surface area contributed by atoms with Gasteiger partial charge in [0.25, 0.3) is 0 Å². The van der Waals surface area contributed by atoms with Crippen molar-refractivity contribution in [1.29, 1.82) is 0 Å².